The molecule has 8 heteroatoms. The van der Waals surface area contributed by atoms with Crippen molar-refractivity contribution < 1.29 is 20.8 Å². The number of rotatable bonds is 8. The Hall–Kier alpha value is -2.91. The summed E-state index contributed by atoms with van der Waals surface area (Å²) in [4.78, 5) is 0. The molecule has 0 fully saturated rings. The topological polar surface area (TPSA) is 0 Å². The Bertz CT molecular complexity index is 2750. The van der Waals surface area contributed by atoms with Gasteiger partial charge in [0, 0.05) is 0 Å². The Balaban J connectivity index is 0.000000171. The van der Waals surface area contributed by atoms with Gasteiger partial charge in [0.2, 0.25) is 0 Å². The molecule has 8 aromatic rings. The van der Waals surface area contributed by atoms with Crippen LogP contribution in [0.15, 0.2) is 127 Å². The summed E-state index contributed by atoms with van der Waals surface area (Å²) in [5.41, 5.74) is 14.2. The summed E-state index contributed by atoms with van der Waals surface area (Å²) in [5.74, 6) is 0. The molecule has 0 amide bonds. The van der Waals surface area contributed by atoms with E-state index in [0.29, 0.717) is 0 Å². The van der Waals surface area contributed by atoms with Gasteiger partial charge < -0.3 is 0 Å². The summed E-state index contributed by atoms with van der Waals surface area (Å²) in [5, 5.41) is 14.8. The number of aryl methyl sites for hydroxylation is 4. The van der Waals surface area contributed by atoms with Gasteiger partial charge in [-0.15, -0.1) is 74.6 Å². The Morgan fingerprint density at radius 3 is 1.26 bits per heavy atom. The van der Waals surface area contributed by atoms with Gasteiger partial charge in [-0.1, -0.05) is 207 Å². The SMILES string of the molecule is CCc1cc2c(-c3cc([Si](C)(C)C)cc([Si](C)(C)C)c3)c(C)ccc2[cH-]1.CCc1cc2c(-c3cc([Si](C)(C)C)cc([Si](C)(C)C)c3)c(C)ccc2[cH-]1.[Cl][Zr][Cl].[c-]1cccc2c1[Si]c1ccccc1-2. The Labute approximate surface area is 436 Å². The van der Waals surface area contributed by atoms with Gasteiger partial charge in [0.15, 0.2) is 0 Å². The van der Waals surface area contributed by atoms with Gasteiger partial charge in [-0.05, 0) is 37.8 Å². The fraction of sp³-hybridized carbons (Fsp3) is 0.300. The van der Waals surface area contributed by atoms with E-state index in [1.807, 2.05) is 6.07 Å². The monoisotopic (exact) mass is 1090 g/mol. The third kappa shape index (κ3) is 12.9. The van der Waals surface area contributed by atoms with Crippen LogP contribution in [0.5, 0.6) is 0 Å². The first-order valence-corrected chi connectivity index (χ1v) is 45.7. The van der Waals surface area contributed by atoms with Gasteiger partial charge in [0.25, 0.3) is 0 Å². The van der Waals surface area contributed by atoms with E-state index >= 15 is 0 Å². The molecule has 0 aliphatic carbocycles. The van der Waals surface area contributed by atoms with Crippen LogP contribution in [-0.4, -0.2) is 41.8 Å². The van der Waals surface area contributed by atoms with Crippen molar-refractivity contribution in [2.75, 3.05) is 0 Å². The second-order valence-electron chi connectivity index (χ2n) is 22.8. The summed E-state index contributed by atoms with van der Waals surface area (Å²) in [6, 6.07) is 51.9. The largest absolute Gasteiger partial charge is 0.184 e. The molecule has 0 bridgehead atoms. The van der Waals surface area contributed by atoms with Crippen LogP contribution in [0.4, 0.5) is 0 Å². The molecule has 1 aliphatic heterocycles. The van der Waals surface area contributed by atoms with Crippen LogP contribution in [-0.2, 0) is 33.7 Å². The van der Waals surface area contributed by atoms with Crippen LogP contribution in [0.25, 0.3) is 54.9 Å². The van der Waals surface area contributed by atoms with Crippen molar-refractivity contribution in [2.24, 2.45) is 0 Å². The average molecular weight is 1100 g/mol. The summed E-state index contributed by atoms with van der Waals surface area (Å²) < 4.78 is 0. The molecule has 0 N–H and O–H groups in total. The number of fused-ring (bicyclic) bond motifs is 5. The van der Waals surface area contributed by atoms with Crippen LogP contribution in [0.2, 0.25) is 78.6 Å². The van der Waals surface area contributed by atoms with Crippen LogP contribution in [0.1, 0.15) is 36.1 Å². The van der Waals surface area contributed by atoms with E-state index < -0.39 is 53.1 Å². The maximum atomic E-state index is 4.93. The number of halogens is 2. The van der Waals surface area contributed by atoms with E-state index in [-0.39, 0.29) is 0 Å². The summed E-state index contributed by atoms with van der Waals surface area (Å²) in [6.45, 7) is 38.6. The first-order chi connectivity index (χ1) is 31.9. The molecule has 0 saturated carbocycles. The Kier molecular flexibility index (Phi) is 17.8. The molecule has 0 aromatic heterocycles. The summed E-state index contributed by atoms with van der Waals surface area (Å²) >= 11 is -0.826. The third-order valence-corrected chi connectivity index (χ3v) is 22.8. The van der Waals surface area contributed by atoms with Crippen molar-refractivity contribution in [3.63, 3.8) is 0 Å². The van der Waals surface area contributed by atoms with Crippen LogP contribution >= 0.6 is 17.0 Å². The minimum absolute atomic E-state index is 0.795. The number of benzene rings is 6. The van der Waals surface area contributed by atoms with Crippen LogP contribution in [0, 0.1) is 19.9 Å². The molecule has 0 atom stereocenters. The van der Waals surface area contributed by atoms with Crippen molar-refractivity contribution in [1.82, 2.24) is 0 Å². The predicted molar refractivity (Wildman–Crippen MR) is 318 cm³/mol. The van der Waals surface area contributed by atoms with E-state index in [2.05, 4.69) is 234 Å². The van der Waals surface area contributed by atoms with E-state index in [0.717, 1.165) is 22.4 Å². The van der Waals surface area contributed by atoms with E-state index in [9.17, 15) is 0 Å². The van der Waals surface area contributed by atoms with Crippen molar-refractivity contribution in [3.8, 4) is 33.4 Å². The number of hydrogen-bond donors (Lipinski definition) is 0. The molecule has 0 unspecified atom stereocenters. The Morgan fingerprint density at radius 1 is 0.500 bits per heavy atom. The maximum Gasteiger partial charge on any atom is 0.0920 e. The fourth-order valence-corrected chi connectivity index (χ4v) is 15.4. The van der Waals surface area contributed by atoms with Crippen molar-refractivity contribution in [2.45, 2.75) is 119 Å². The molecule has 0 nitrogen and oxygen atoms in total. The first kappa shape index (κ1) is 54.4. The Morgan fingerprint density at radius 2 is 0.882 bits per heavy atom. The molecule has 1 aliphatic rings. The smallest absolute Gasteiger partial charge is 0.0920 e. The molecule has 68 heavy (non-hydrogen) atoms. The van der Waals surface area contributed by atoms with Crippen molar-refractivity contribution in [1.29, 1.82) is 0 Å². The number of hydrogen-bond acceptors (Lipinski definition) is 0. The quantitative estimate of drug-likeness (QED) is 0.105. The van der Waals surface area contributed by atoms with Crippen LogP contribution in [0.3, 0.4) is 0 Å². The molecule has 354 valence electrons. The normalized spacial score (nSPS) is 12.3. The van der Waals surface area contributed by atoms with E-state index in [1.165, 1.54) is 87.6 Å². The zero-order valence-electron chi connectivity index (χ0n) is 43.8. The summed E-state index contributed by atoms with van der Waals surface area (Å²) in [7, 11) is 5.17. The maximum absolute atomic E-state index is 4.93. The molecule has 8 aromatic carbocycles. The van der Waals surface area contributed by atoms with Crippen molar-refractivity contribution in [3.05, 3.63) is 156 Å². The van der Waals surface area contributed by atoms with Gasteiger partial charge in [-0.2, -0.15) is 41.6 Å². The molecule has 2 radical (unpaired) electrons. The average Bonchev–Trinajstić information content (AvgIpc) is 4.01. The zero-order chi connectivity index (χ0) is 49.9. The zero-order valence-corrected chi connectivity index (χ0v) is 52.8. The predicted octanol–water partition coefficient (Wildman–Crippen LogP) is 14.9. The second-order valence-corrected chi connectivity index (χ2v) is 48.1. The second kappa shape index (κ2) is 22.2. The minimum atomic E-state index is -1.37. The fourth-order valence-electron chi connectivity index (χ4n) is 9.08. The van der Waals surface area contributed by atoms with Gasteiger partial charge >= 0.3 is 37.9 Å². The van der Waals surface area contributed by atoms with Crippen LogP contribution < -0.4 is 31.1 Å². The molecule has 0 spiro atoms. The van der Waals surface area contributed by atoms with Gasteiger partial charge in [0.1, 0.15) is 0 Å². The third-order valence-electron chi connectivity index (χ3n) is 13.4. The molecule has 9 rings (SSSR count). The molecule has 1 heterocycles. The van der Waals surface area contributed by atoms with Gasteiger partial charge in [-0.25, -0.2) is 0 Å². The molecular weight excluding hydrogens is 1020 g/mol. The van der Waals surface area contributed by atoms with E-state index in [4.69, 9.17) is 17.0 Å². The van der Waals surface area contributed by atoms with Gasteiger partial charge in [0.05, 0.1) is 41.8 Å². The van der Waals surface area contributed by atoms with E-state index in [1.54, 1.807) is 20.7 Å². The molecular formula is C60H73Cl2Si5Zr-3. The van der Waals surface area contributed by atoms with Gasteiger partial charge in [-0.3, -0.25) is 0 Å². The summed E-state index contributed by atoms with van der Waals surface area (Å²) in [6.07, 6.45) is 2.20. The standard InChI is InChI=1S/2C24H33Si2.C12H7Si.2ClH.Zr/c2*1-9-18-12-19-11-10-17(2)24(23(19)13-18)20-14-21(25(3,4)5)16-22(15-20)26(6,7)8;1-3-7-11-9(5-1)10-6-2-4-8-12(10)13-11;;;/h2*10-16H,9H2,1-8H3;1-7H;2*1H;/q3*-1;;;+2/p-2. The van der Waals surface area contributed by atoms with Crippen molar-refractivity contribution >= 4 is 112 Å². The molecule has 0 saturated heterocycles. The minimum Gasteiger partial charge on any atom is -0.184 e. The first-order valence-electron chi connectivity index (χ1n) is 24.4.